The molecule has 0 radical (unpaired) electrons. The van der Waals surface area contributed by atoms with Gasteiger partial charge in [0.15, 0.2) is 11.4 Å². The van der Waals surface area contributed by atoms with Gasteiger partial charge in [0.05, 0.1) is 10.2 Å². The van der Waals surface area contributed by atoms with Crippen molar-refractivity contribution in [3.63, 3.8) is 0 Å². The summed E-state index contributed by atoms with van der Waals surface area (Å²) in [5.74, 6) is -2.23. The molecule has 1 unspecified atom stereocenters. The molecule has 1 saturated heterocycles. The van der Waals surface area contributed by atoms with Crippen LogP contribution in [-0.2, 0) is 4.79 Å². The summed E-state index contributed by atoms with van der Waals surface area (Å²) in [4.78, 5) is 28.2. The Morgan fingerprint density at radius 3 is 2.48 bits per heavy atom. The Kier molecular flexibility index (Phi) is 6.30. The van der Waals surface area contributed by atoms with Crippen LogP contribution in [0.15, 0.2) is 10.5 Å². The minimum Gasteiger partial charge on any atom is -0.504 e. The van der Waals surface area contributed by atoms with E-state index in [1.165, 1.54) is 10.4 Å². The average molecular weight is 466 g/mol. The van der Waals surface area contributed by atoms with E-state index in [1.54, 1.807) is 20.8 Å². The molecular formula is C16H24BrN3O6S. The maximum Gasteiger partial charge on any atom is 0.326 e. The van der Waals surface area contributed by atoms with E-state index >= 15 is 0 Å². The lowest BCUT2D eigenvalue weighted by molar-refractivity contribution is -0.142. The maximum absolute atomic E-state index is 12.6. The fraction of sp³-hybridized carbons (Fsp3) is 0.562. The third-order valence-corrected chi connectivity index (χ3v) is 6.69. The predicted molar refractivity (Wildman–Crippen MR) is 106 cm³/mol. The first kappa shape index (κ1) is 21.7. The Morgan fingerprint density at radius 2 is 1.96 bits per heavy atom. The minimum absolute atomic E-state index is 0.118. The predicted octanol–water partition coefficient (Wildman–Crippen LogP) is 3.04. The van der Waals surface area contributed by atoms with E-state index in [2.05, 4.69) is 26.2 Å². The molecule has 1 aromatic heterocycles. The topological polar surface area (TPSA) is 143 Å². The molecule has 1 aromatic rings. The van der Waals surface area contributed by atoms with Crippen molar-refractivity contribution in [2.75, 3.05) is 16.6 Å². The highest BCUT2D eigenvalue weighted by atomic mass is 79.9. The number of hydrogen-bond acceptors (Lipinski definition) is 7. The number of carbonyl (C=O) groups is 2. The van der Waals surface area contributed by atoms with Gasteiger partial charge in [0.2, 0.25) is 0 Å². The minimum atomic E-state index is -3.07. The molecule has 11 heteroatoms. The van der Waals surface area contributed by atoms with Gasteiger partial charge in [-0.2, -0.15) is 0 Å². The zero-order chi connectivity index (χ0) is 20.6. The summed E-state index contributed by atoms with van der Waals surface area (Å²) >= 11 is 3.14. The SMILES string of the molecule is CC(C)(C)C(NC(=O)c1nc(N2CCCCS2(O)O)cc(Br)c1O)C(=O)O. The Bertz CT molecular complexity index is 752. The number of anilines is 1. The molecule has 0 saturated carbocycles. The zero-order valence-corrected chi connectivity index (χ0v) is 17.7. The summed E-state index contributed by atoms with van der Waals surface area (Å²) < 4.78 is 22.0. The summed E-state index contributed by atoms with van der Waals surface area (Å²) in [5, 5.41) is 22.0. The number of amides is 1. The van der Waals surface area contributed by atoms with E-state index in [1.807, 2.05) is 0 Å². The molecule has 0 bridgehead atoms. The second kappa shape index (κ2) is 7.82. The molecule has 5 N–H and O–H groups in total. The average Bonchev–Trinajstić information content (AvgIpc) is 2.53. The van der Waals surface area contributed by atoms with Crippen LogP contribution in [0.3, 0.4) is 0 Å². The molecule has 1 aliphatic rings. The van der Waals surface area contributed by atoms with Crippen molar-refractivity contribution in [3.8, 4) is 5.75 Å². The van der Waals surface area contributed by atoms with Crippen LogP contribution >= 0.6 is 26.7 Å². The molecule has 0 aromatic carbocycles. The molecule has 152 valence electrons. The number of aromatic nitrogens is 1. The number of aliphatic carboxylic acids is 1. The number of carbonyl (C=O) groups excluding carboxylic acids is 1. The molecule has 1 amide bonds. The highest BCUT2D eigenvalue weighted by Gasteiger charge is 2.35. The number of nitrogens with one attached hydrogen (secondary N) is 1. The third kappa shape index (κ3) is 4.84. The maximum atomic E-state index is 12.6. The molecule has 0 aliphatic carbocycles. The van der Waals surface area contributed by atoms with Gasteiger partial charge in [-0.3, -0.25) is 18.2 Å². The summed E-state index contributed by atoms with van der Waals surface area (Å²) in [6.45, 7) is 5.32. The first-order valence-electron chi connectivity index (χ1n) is 8.31. The molecule has 0 spiro atoms. The van der Waals surface area contributed by atoms with Gasteiger partial charge >= 0.3 is 5.97 Å². The molecule has 1 fully saturated rings. The van der Waals surface area contributed by atoms with E-state index in [0.717, 1.165) is 6.42 Å². The van der Waals surface area contributed by atoms with Gasteiger partial charge in [0.1, 0.15) is 11.9 Å². The molecule has 1 atom stereocenters. The quantitative estimate of drug-likeness (QED) is 0.456. The lowest BCUT2D eigenvalue weighted by atomic mass is 9.86. The monoisotopic (exact) mass is 465 g/mol. The molecule has 27 heavy (non-hydrogen) atoms. The van der Waals surface area contributed by atoms with Crippen molar-refractivity contribution >= 4 is 44.4 Å². The number of aromatic hydroxyl groups is 1. The summed E-state index contributed by atoms with van der Waals surface area (Å²) in [7, 11) is -3.07. The second-order valence-electron chi connectivity index (χ2n) is 7.42. The van der Waals surface area contributed by atoms with Gasteiger partial charge in [-0.1, -0.05) is 20.8 Å². The van der Waals surface area contributed by atoms with Crippen LogP contribution in [0.1, 0.15) is 44.1 Å². The van der Waals surface area contributed by atoms with Gasteiger partial charge in [0, 0.05) is 12.6 Å². The highest BCUT2D eigenvalue weighted by Crippen LogP contribution is 2.49. The van der Waals surface area contributed by atoms with Crippen molar-refractivity contribution in [2.45, 2.75) is 39.7 Å². The van der Waals surface area contributed by atoms with Gasteiger partial charge in [0.25, 0.3) is 5.91 Å². The Labute approximate surface area is 167 Å². The third-order valence-electron chi connectivity index (χ3n) is 4.17. The van der Waals surface area contributed by atoms with Crippen LogP contribution in [0.25, 0.3) is 0 Å². The van der Waals surface area contributed by atoms with Crippen molar-refractivity contribution in [1.82, 2.24) is 10.3 Å². The van der Waals surface area contributed by atoms with E-state index in [9.17, 15) is 28.9 Å². The number of nitrogens with zero attached hydrogens (tertiary/aromatic N) is 2. The summed E-state index contributed by atoms with van der Waals surface area (Å²) in [6.07, 6.45) is 1.39. The van der Waals surface area contributed by atoms with Gasteiger partial charge < -0.3 is 15.5 Å². The smallest absolute Gasteiger partial charge is 0.326 e. The van der Waals surface area contributed by atoms with Crippen molar-refractivity contribution in [2.24, 2.45) is 5.41 Å². The lowest BCUT2D eigenvalue weighted by Crippen LogP contribution is -2.49. The molecule has 2 heterocycles. The van der Waals surface area contributed by atoms with Gasteiger partial charge in [-0.15, -0.1) is 10.8 Å². The second-order valence-corrected chi connectivity index (χ2v) is 10.4. The molecule has 2 rings (SSSR count). The van der Waals surface area contributed by atoms with E-state index < -0.39 is 45.6 Å². The fourth-order valence-electron chi connectivity index (χ4n) is 2.70. The van der Waals surface area contributed by atoms with Crippen molar-refractivity contribution in [3.05, 3.63) is 16.2 Å². The number of carboxylic acid groups (broad SMARTS) is 1. The van der Waals surface area contributed by atoms with Gasteiger partial charge in [-0.05, 0) is 34.2 Å². The largest absolute Gasteiger partial charge is 0.504 e. The molecule has 9 nitrogen and oxygen atoms in total. The number of pyridine rings is 1. The Balaban J connectivity index is 2.40. The number of rotatable bonds is 4. The van der Waals surface area contributed by atoms with Crippen LogP contribution < -0.4 is 9.62 Å². The van der Waals surface area contributed by atoms with Crippen LogP contribution in [0.4, 0.5) is 5.82 Å². The summed E-state index contributed by atoms with van der Waals surface area (Å²) in [6, 6.07) is 0.188. The summed E-state index contributed by atoms with van der Waals surface area (Å²) in [5.41, 5.74) is -1.16. The molecule has 1 aliphatic heterocycles. The van der Waals surface area contributed by atoms with Crippen molar-refractivity contribution < 1.29 is 28.9 Å². The Morgan fingerprint density at radius 1 is 1.33 bits per heavy atom. The first-order chi connectivity index (χ1) is 12.3. The molecular weight excluding hydrogens is 442 g/mol. The van der Waals surface area contributed by atoms with Crippen molar-refractivity contribution in [1.29, 1.82) is 0 Å². The van der Waals surface area contributed by atoms with E-state index in [4.69, 9.17) is 0 Å². The fourth-order valence-corrected chi connectivity index (χ4v) is 4.72. The zero-order valence-electron chi connectivity index (χ0n) is 15.3. The van der Waals surface area contributed by atoms with Gasteiger partial charge in [-0.25, -0.2) is 9.78 Å². The van der Waals surface area contributed by atoms with Crippen LogP contribution in [0.2, 0.25) is 0 Å². The number of hydrogen-bond donors (Lipinski definition) is 5. The van der Waals surface area contributed by atoms with Crippen LogP contribution in [0, 0.1) is 5.41 Å². The standard InChI is InChI=1S/C16H24BrN3O6S/c1-16(2,3)13(15(23)24)19-14(22)11-12(21)9(17)8-10(18-11)20-6-4-5-7-27(20,25)26/h8,13,21,25-26H,4-7H2,1-3H3,(H,19,22)(H,23,24). The Hall–Kier alpha value is -1.56. The van der Waals surface area contributed by atoms with Crippen LogP contribution in [0.5, 0.6) is 5.75 Å². The highest BCUT2D eigenvalue weighted by molar-refractivity contribution is 9.10. The lowest BCUT2D eigenvalue weighted by Gasteiger charge is -2.46. The van der Waals surface area contributed by atoms with E-state index in [-0.39, 0.29) is 16.0 Å². The van der Waals surface area contributed by atoms with Crippen LogP contribution in [-0.4, -0.2) is 54.5 Å². The normalized spacial score (nSPS) is 19.3. The van der Waals surface area contributed by atoms with E-state index in [0.29, 0.717) is 13.0 Å². The number of carboxylic acids is 1. The first-order valence-corrected chi connectivity index (χ1v) is 10.8. The number of halogens is 1.